The van der Waals surface area contributed by atoms with Gasteiger partial charge in [-0.1, -0.05) is 0 Å². The summed E-state index contributed by atoms with van der Waals surface area (Å²) in [7, 11) is 1.32. The largest absolute Gasteiger partial charge is 0.491 e. The van der Waals surface area contributed by atoms with Crippen LogP contribution in [0.5, 0.6) is 5.75 Å². The second kappa shape index (κ2) is 6.36. The van der Waals surface area contributed by atoms with Crippen LogP contribution >= 0.6 is 0 Å². The number of anilines is 1. The number of rotatable bonds is 4. The summed E-state index contributed by atoms with van der Waals surface area (Å²) in [5.74, 6) is -1.43. The molecule has 1 saturated heterocycles. The Kier molecular flexibility index (Phi) is 4.02. The molecule has 1 fully saturated rings. The SMILES string of the molecule is COc1c(N2CCCC2c2nc3c(C=O)nccc3[nH]2)ccc(F)c1F. The zero-order chi connectivity index (χ0) is 18.3. The van der Waals surface area contributed by atoms with E-state index in [-0.39, 0.29) is 17.5 Å². The Hall–Kier alpha value is -3.03. The van der Waals surface area contributed by atoms with Crippen LogP contribution in [0.2, 0.25) is 0 Å². The Labute approximate surface area is 147 Å². The van der Waals surface area contributed by atoms with Gasteiger partial charge in [-0.3, -0.25) is 9.78 Å². The van der Waals surface area contributed by atoms with E-state index in [0.717, 1.165) is 18.9 Å². The molecule has 3 aromatic rings. The van der Waals surface area contributed by atoms with Crippen LogP contribution in [0.3, 0.4) is 0 Å². The van der Waals surface area contributed by atoms with E-state index in [1.807, 2.05) is 4.90 Å². The Bertz CT molecular complexity index is 989. The van der Waals surface area contributed by atoms with Crippen molar-refractivity contribution in [3.63, 3.8) is 0 Å². The van der Waals surface area contributed by atoms with Crippen LogP contribution in [0.4, 0.5) is 14.5 Å². The number of halogens is 2. The summed E-state index contributed by atoms with van der Waals surface area (Å²) in [5, 5.41) is 0. The number of ether oxygens (including phenoxy) is 1. The van der Waals surface area contributed by atoms with Crippen molar-refractivity contribution in [3.8, 4) is 5.75 Å². The van der Waals surface area contributed by atoms with E-state index in [2.05, 4.69) is 15.0 Å². The van der Waals surface area contributed by atoms with Gasteiger partial charge in [-0.15, -0.1) is 0 Å². The number of aldehydes is 1. The lowest BCUT2D eigenvalue weighted by molar-refractivity contribution is 0.112. The van der Waals surface area contributed by atoms with E-state index in [1.54, 1.807) is 12.3 Å². The number of aromatic amines is 1. The molecule has 0 saturated carbocycles. The summed E-state index contributed by atoms with van der Waals surface area (Å²) in [5.41, 5.74) is 1.95. The highest BCUT2D eigenvalue weighted by Gasteiger charge is 2.32. The van der Waals surface area contributed by atoms with Crippen molar-refractivity contribution < 1.29 is 18.3 Å². The normalized spacial score (nSPS) is 17.0. The van der Waals surface area contributed by atoms with Crippen molar-refractivity contribution in [2.24, 2.45) is 0 Å². The molecule has 1 atom stereocenters. The topological polar surface area (TPSA) is 71.1 Å². The molecule has 0 amide bonds. The van der Waals surface area contributed by atoms with Gasteiger partial charge in [-0.25, -0.2) is 9.37 Å². The number of carbonyl (C=O) groups is 1. The van der Waals surface area contributed by atoms with Gasteiger partial charge in [0, 0.05) is 12.7 Å². The summed E-state index contributed by atoms with van der Waals surface area (Å²) >= 11 is 0. The number of methoxy groups -OCH3 is 1. The third kappa shape index (κ3) is 2.49. The molecule has 0 radical (unpaired) electrons. The monoisotopic (exact) mass is 358 g/mol. The van der Waals surface area contributed by atoms with E-state index in [1.165, 1.54) is 13.2 Å². The summed E-state index contributed by atoms with van der Waals surface area (Å²) in [4.78, 5) is 24.9. The van der Waals surface area contributed by atoms with E-state index in [0.29, 0.717) is 35.4 Å². The molecule has 8 heteroatoms. The number of hydrogen-bond acceptors (Lipinski definition) is 5. The molecule has 1 aliphatic heterocycles. The minimum Gasteiger partial charge on any atom is -0.491 e. The quantitative estimate of drug-likeness (QED) is 0.724. The third-order valence-electron chi connectivity index (χ3n) is 4.67. The fraction of sp³-hybridized carbons (Fsp3) is 0.278. The van der Waals surface area contributed by atoms with Crippen molar-refractivity contribution in [1.29, 1.82) is 0 Å². The number of carbonyl (C=O) groups excluding carboxylic acids is 1. The molecule has 0 spiro atoms. The summed E-state index contributed by atoms with van der Waals surface area (Å²) in [6.45, 7) is 0.655. The molecular formula is C18H16F2N4O2. The second-order valence-electron chi connectivity index (χ2n) is 6.10. The van der Waals surface area contributed by atoms with Crippen LogP contribution in [-0.2, 0) is 0 Å². The molecule has 3 heterocycles. The van der Waals surface area contributed by atoms with Crippen LogP contribution < -0.4 is 9.64 Å². The van der Waals surface area contributed by atoms with Crippen LogP contribution in [0.15, 0.2) is 24.4 Å². The summed E-state index contributed by atoms with van der Waals surface area (Å²) < 4.78 is 32.8. The van der Waals surface area contributed by atoms with Crippen LogP contribution in [-0.4, -0.2) is 34.9 Å². The van der Waals surface area contributed by atoms with Gasteiger partial charge in [-0.05, 0) is 31.0 Å². The van der Waals surface area contributed by atoms with Gasteiger partial charge in [0.05, 0.1) is 24.4 Å². The fourth-order valence-electron chi connectivity index (χ4n) is 3.50. The second-order valence-corrected chi connectivity index (χ2v) is 6.10. The minimum atomic E-state index is -1.01. The molecular weight excluding hydrogens is 342 g/mol. The van der Waals surface area contributed by atoms with E-state index >= 15 is 0 Å². The Morgan fingerprint density at radius 1 is 1.35 bits per heavy atom. The zero-order valence-corrected chi connectivity index (χ0v) is 14.0. The lowest BCUT2D eigenvalue weighted by Crippen LogP contribution is -2.24. The predicted molar refractivity (Wildman–Crippen MR) is 91.5 cm³/mol. The Morgan fingerprint density at radius 3 is 2.96 bits per heavy atom. The highest BCUT2D eigenvalue weighted by Crippen LogP contribution is 2.41. The lowest BCUT2D eigenvalue weighted by Gasteiger charge is -2.27. The number of nitrogens with zero attached hydrogens (tertiary/aromatic N) is 3. The molecule has 1 N–H and O–H groups in total. The van der Waals surface area contributed by atoms with E-state index in [4.69, 9.17) is 4.74 Å². The molecule has 6 nitrogen and oxygen atoms in total. The van der Waals surface area contributed by atoms with Crippen molar-refractivity contribution in [2.75, 3.05) is 18.6 Å². The first kappa shape index (κ1) is 16.4. The number of pyridine rings is 1. The van der Waals surface area contributed by atoms with Gasteiger partial charge >= 0.3 is 0 Å². The van der Waals surface area contributed by atoms with Crippen molar-refractivity contribution in [3.05, 3.63) is 47.5 Å². The maximum absolute atomic E-state index is 14.1. The summed E-state index contributed by atoms with van der Waals surface area (Å²) in [6.07, 6.45) is 3.85. The summed E-state index contributed by atoms with van der Waals surface area (Å²) in [6, 6.07) is 4.18. The first-order valence-electron chi connectivity index (χ1n) is 8.22. The molecule has 2 aromatic heterocycles. The Balaban J connectivity index is 1.79. The maximum Gasteiger partial charge on any atom is 0.202 e. The average Bonchev–Trinajstić information content (AvgIpc) is 3.29. The number of fused-ring (bicyclic) bond motifs is 1. The molecule has 0 bridgehead atoms. The Morgan fingerprint density at radius 2 is 2.19 bits per heavy atom. The predicted octanol–water partition coefficient (Wildman–Crippen LogP) is 3.40. The van der Waals surface area contributed by atoms with Gasteiger partial charge in [0.15, 0.2) is 17.9 Å². The molecule has 26 heavy (non-hydrogen) atoms. The first-order valence-corrected chi connectivity index (χ1v) is 8.22. The molecule has 4 rings (SSSR count). The van der Waals surface area contributed by atoms with Crippen molar-refractivity contribution >= 4 is 23.0 Å². The molecule has 1 unspecified atom stereocenters. The van der Waals surface area contributed by atoms with E-state index in [9.17, 15) is 13.6 Å². The number of hydrogen-bond donors (Lipinski definition) is 1. The van der Waals surface area contributed by atoms with Gasteiger partial charge in [-0.2, -0.15) is 4.39 Å². The molecule has 0 aliphatic carbocycles. The van der Waals surface area contributed by atoms with Crippen molar-refractivity contribution in [2.45, 2.75) is 18.9 Å². The molecule has 134 valence electrons. The third-order valence-corrected chi connectivity index (χ3v) is 4.67. The van der Waals surface area contributed by atoms with Gasteiger partial charge < -0.3 is 14.6 Å². The molecule has 1 aliphatic rings. The number of benzene rings is 1. The number of H-pyrrole nitrogens is 1. The standard InChI is InChI=1S/C18H16F2N4O2/c1-26-17-13(5-4-10(19)15(17)20)24-8-2-3-14(24)18-22-11-6-7-21-12(9-25)16(11)23-18/h4-7,9,14H,2-3,8H2,1H3,(H,22,23). The van der Waals surface area contributed by atoms with Crippen LogP contribution in [0.25, 0.3) is 11.0 Å². The maximum atomic E-state index is 14.1. The van der Waals surface area contributed by atoms with Gasteiger partial charge in [0.1, 0.15) is 17.0 Å². The van der Waals surface area contributed by atoms with Crippen LogP contribution in [0, 0.1) is 11.6 Å². The smallest absolute Gasteiger partial charge is 0.202 e. The molecule has 1 aromatic carbocycles. The fourth-order valence-corrected chi connectivity index (χ4v) is 3.50. The first-order chi connectivity index (χ1) is 12.6. The highest BCUT2D eigenvalue weighted by molar-refractivity contribution is 5.91. The van der Waals surface area contributed by atoms with Gasteiger partial charge in [0.2, 0.25) is 5.82 Å². The van der Waals surface area contributed by atoms with Crippen molar-refractivity contribution in [1.82, 2.24) is 15.0 Å². The lowest BCUT2D eigenvalue weighted by atomic mass is 10.2. The van der Waals surface area contributed by atoms with Gasteiger partial charge in [0.25, 0.3) is 0 Å². The average molecular weight is 358 g/mol. The van der Waals surface area contributed by atoms with E-state index < -0.39 is 11.6 Å². The highest BCUT2D eigenvalue weighted by atomic mass is 19.2. The number of aromatic nitrogens is 3. The number of imidazole rings is 1. The van der Waals surface area contributed by atoms with Crippen LogP contribution in [0.1, 0.15) is 35.2 Å². The number of nitrogens with one attached hydrogen (secondary N) is 1. The minimum absolute atomic E-state index is 0.122. The zero-order valence-electron chi connectivity index (χ0n) is 14.0.